The maximum absolute atomic E-state index is 13.0. The number of aryl methyl sites for hydroxylation is 1. The first-order valence-corrected chi connectivity index (χ1v) is 11.9. The lowest BCUT2D eigenvalue weighted by Crippen LogP contribution is -2.27. The number of carbonyl (C=O) groups excluding carboxylic acids is 2. The molecule has 1 heterocycles. The average molecular weight is 433 g/mol. The zero-order chi connectivity index (χ0) is 21.2. The van der Waals surface area contributed by atoms with Crippen LogP contribution in [0.5, 0.6) is 0 Å². The van der Waals surface area contributed by atoms with Crippen molar-refractivity contribution in [3.05, 3.63) is 48.0 Å². The Morgan fingerprint density at radius 2 is 1.97 bits per heavy atom. The topological polar surface area (TPSA) is 92.3 Å². The minimum Gasteiger partial charge on any atom is -0.326 e. The van der Waals surface area contributed by atoms with Crippen LogP contribution in [0.1, 0.15) is 32.8 Å². The van der Waals surface area contributed by atoms with Gasteiger partial charge in [-0.3, -0.25) is 9.59 Å². The van der Waals surface area contributed by atoms with E-state index in [1.165, 1.54) is 24.8 Å². The molecule has 6 nitrogen and oxygen atoms in total. The molecule has 8 heteroatoms. The lowest BCUT2D eigenvalue weighted by molar-refractivity contribution is -0.116. The summed E-state index contributed by atoms with van der Waals surface area (Å²) in [6, 6.07) is 12.1. The summed E-state index contributed by atoms with van der Waals surface area (Å²) >= 11 is 1.33. The molecule has 2 unspecified atom stereocenters. The molecular weight excluding hydrogens is 408 g/mol. The SMILES string of the molecule is CCc1ccccc1NC(=O)CC(C)S(=O)(=O)c1ccc2c(c1)SC(C)C(=O)N2. The van der Waals surface area contributed by atoms with Gasteiger partial charge in [0.15, 0.2) is 9.84 Å². The molecular formula is C21H24N2O4S2. The quantitative estimate of drug-likeness (QED) is 0.723. The number of hydrogen-bond donors (Lipinski definition) is 2. The van der Waals surface area contributed by atoms with Crippen LogP contribution in [0.25, 0.3) is 0 Å². The van der Waals surface area contributed by atoms with Crippen LogP contribution >= 0.6 is 11.8 Å². The van der Waals surface area contributed by atoms with Crippen molar-refractivity contribution in [2.45, 2.75) is 53.9 Å². The van der Waals surface area contributed by atoms with Gasteiger partial charge in [-0.25, -0.2) is 8.42 Å². The molecule has 1 aliphatic rings. The summed E-state index contributed by atoms with van der Waals surface area (Å²) in [5.41, 5.74) is 2.32. The fraction of sp³-hybridized carbons (Fsp3) is 0.333. The van der Waals surface area contributed by atoms with E-state index in [0.29, 0.717) is 16.3 Å². The number of rotatable bonds is 6. The Labute approximate surface area is 175 Å². The second-order valence-electron chi connectivity index (χ2n) is 7.03. The molecule has 0 aromatic heterocycles. The fourth-order valence-corrected chi connectivity index (χ4v) is 5.55. The number of hydrogen-bond acceptors (Lipinski definition) is 5. The number of benzene rings is 2. The van der Waals surface area contributed by atoms with Crippen LogP contribution < -0.4 is 10.6 Å². The highest BCUT2D eigenvalue weighted by Gasteiger charge is 2.29. The first-order valence-electron chi connectivity index (χ1n) is 9.45. The summed E-state index contributed by atoms with van der Waals surface area (Å²) in [5, 5.41) is 4.42. The third-order valence-electron chi connectivity index (χ3n) is 4.89. The Hall–Kier alpha value is -2.32. The van der Waals surface area contributed by atoms with Gasteiger partial charge in [0, 0.05) is 17.0 Å². The van der Waals surface area contributed by atoms with Gasteiger partial charge in [0.2, 0.25) is 11.8 Å². The van der Waals surface area contributed by atoms with Gasteiger partial charge < -0.3 is 10.6 Å². The van der Waals surface area contributed by atoms with E-state index in [9.17, 15) is 18.0 Å². The predicted octanol–water partition coefficient (Wildman–Crippen LogP) is 3.87. The minimum absolute atomic E-state index is 0.101. The molecule has 0 spiro atoms. The molecule has 3 rings (SSSR count). The molecule has 2 aromatic carbocycles. The smallest absolute Gasteiger partial charge is 0.237 e. The second-order valence-corrected chi connectivity index (χ2v) is 10.8. The van der Waals surface area contributed by atoms with Crippen LogP contribution in [-0.2, 0) is 25.8 Å². The Kier molecular flexibility index (Phi) is 6.33. The normalized spacial score (nSPS) is 17.2. The van der Waals surface area contributed by atoms with Gasteiger partial charge in [-0.05, 0) is 50.1 Å². The van der Waals surface area contributed by atoms with Crippen molar-refractivity contribution in [3.63, 3.8) is 0 Å². The zero-order valence-electron chi connectivity index (χ0n) is 16.6. The van der Waals surface area contributed by atoms with Gasteiger partial charge in [-0.2, -0.15) is 0 Å². The molecule has 0 bridgehead atoms. The van der Waals surface area contributed by atoms with E-state index >= 15 is 0 Å². The second kappa shape index (κ2) is 8.59. The van der Waals surface area contributed by atoms with Crippen molar-refractivity contribution in [1.29, 1.82) is 0 Å². The van der Waals surface area contributed by atoms with Gasteiger partial charge in [-0.15, -0.1) is 11.8 Å². The lowest BCUT2D eigenvalue weighted by Gasteiger charge is -2.22. The molecule has 29 heavy (non-hydrogen) atoms. The van der Waals surface area contributed by atoms with Crippen LogP contribution in [0.4, 0.5) is 11.4 Å². The summed E-state index contributed by atoms with van der Waals surface area (Å²) in [4.78, 5) is 25.1. The van der Waals surface area contributed by atoms with E-state index in [4.69, 9.17) is 0 Å². The molecule has 0 radical (unpaired) electrons. The van der Waals surface area contributed by atoms with Crippen molar-refractivity contribution in [1.82, 2.24) is 0 Å². The van der Waals surface area contributed by atoms with Crippen molar-refractivity contribution < 1.29 is 18.0 Å². The molecule has 0 aliphatic carbocycles. The minimum atomic E-state index is -3.69. The number of thioether (sulfide) groups is 1. The number of carbonyl (C=O) groups is 2. The lowest BCUT2D eigenvalue weighted by atomic mass is 10.1. The van der Waals surface area contributed by atoms with E-state index in [2.05, 4.69) is 10.6 Å². The van der Waals surface area contributed by atoms with Gasteiger partial charge >= 0.3 is 0 Å². The summed E-state index contributed by atoms with van der Waals surface area (Å²) in [5.74, 6) is -0.439. The molecule has 0 fully saturated rings. The third kappa shape index (κ3) is 4.64. The van der Waals surface area contributed by atoms with Crippen LogP contribution in [0.15, 0.2) is 52.3 Å². The highest BCUT2D eigenvalue weighted by molar-refractivity contribution is 8.01. The predicted molar refractivity (Wildman–Crippen MR) is 116 cm³/mol. The van der Waals surface area contributed by atoms with Crippen LogP contribution in [0, 0.1) is 0 Å². The fourth-order valence-electron chi connectivity index (χ4n) is 3.11. The molecule has 1 aliphatic heterocycles. The maximum Gasteiger partial charge on any atom is 0.237 e. The largest absolute Gasteiger partial charge is 0.326 e. The van der Waals surface area contributed by atoms with Crippen LogP contribution in [0.3, 0.4) is 0 Å². The molecule has 2 N–H and O–H groups in total. The Morgan fingerprint density at radius 3 is 2.69 bits per heavy atom. The molecule has 0 saturated carbocycles. The van der Waals surface area contributed by atoms with Gasteiger partial charge in [-0.1, -0.05) is 25.1 Å². The van der Waals surface area contributed by atoms with E-state index in [0.717, 1.165) is 12.0 Å². The maximum atomic E-state index is 13.0. The highest BCUT2D eigenvalue weighted by atomic mass is 32.2. The molecule has 2 aromatic rings. The van der Waals surface area contributed by atoms with Crippen molar-refractivity contribution in [2.24, 2.45) is 0 Å². The zero-order valence-corrected chi connectivity index (χ0v) is 18.2. The summed E-state index contributed by atoms with van der Waals surface area (Å²) < 4.78 is 26.0. The Balaban J connectivity index is 1.75. The molecule has 2 amide bonds. The number of nitrogens with one attached hydrogen (secondary N) is 2. The summed E-state index contributed by atoms with van der Waals surface area (Å²) in [6.45, 7) is 5.30. The molecule has 2 atom stereocenters. The van der Waals surface area contributed by atoms with Crippen LogP contribution in [-0.4, -0.2) is 30.7 Å². The van der Waals surface area contributed by atoms with Crippen molar-refractivity contribution >= 4 is 44.8 Å². The van der Waals surface area contributed by atoms with Gasteiger partial charge in [0.05, 0.1) is 21.1 Å². The van der Waals surface area contributed by atoms with E-state index in [-0.39, 0.29) is 28.4 Å². The molecule has 0 saturated heterocycles. The highest BCUT2D eigenvalue weighted by Crippen LogP contribution is 2.37. The number of para-hydroxylation sites is 1. The standard InChI is InChI=1S/C21H24N2O4S2/c1-4-15-7-5-6-8-17(15)22-20(24)11-13(2)29(26,27)16-9-10-18-19(12-16)28-14(3)21(25)23-18/h5-10,12-14H,4,11H2,1-3H3,(H,22,24)(H,23,25). The first-order chi connectivity index (χ1) is 13.7. The summed E-state index contributed by atoms with van der Waals surface area (Å²) in [7, 11) is -3.69. The number of amides is 2. The van der Waals surface area contributed by atoms with E-state index in [1.807, 2.05) is 31.2 Å². The Bertz CT molecular complexity index is 1050. The number of sulfone groups is 1. The van der Waals surface area contributed by atoms with Crippen LogP contribution in [0.2, 0.25) is 0 Å². The number of fused-ring (bicyclic) bond motifs is 1. The Morgan fingerprint density at radius 1 is 1.24 bits per heavy atom. The van der Waals surface area contributed by atoms with Gasteiger partial charge in [0.25, 0.3) is 0 Å². The third-order valence-corrected chi connectivity index (χ3v) is 8.18. The first kappa shape index (κ1) is 21.4. The van der Waals surface area contributed by atoms with E-state index < -0.39 is 15.1 Å². The monoisotopic (exact) mass is 432 g/mol. The number of anilines is 2. The summed E-state index contributed by atoms with van der Waals surface area (Å²) in [6.07, 6.45) is 0.629. The molecule has 154 valence electrons. The van der Waals surface area contributed by atoms with Crippen molar-refractivity contribution in [2.75, 3.05) is 10.6 Å². The average Bonchev–Trinajstić information content (AvgIpc) is 2.68. The van der Waals surface area contributed by atoms with Gasteiger partial charge in [0.1, 0.15) is 0 Å². The van der Waals surface area contributed by atoms with Crippen molar-refractivity contribution in [3.8, 4) is 0 Å². The van der Waals surface area contributed by atoms with E-state index in [1.54, 1.807) is 19.1 Å².